The molecular formula is C17H21N3O2. The number of aromatic nitrogens is 2. The van der Waals surface area contributed by atoms with Crippen molar-refractivity contribution in [1.82, 2.24) is 14.5 Å². The Morgan fingerprint density at radius 3 is 2.82 bits per heavy atom. The molecule has 5 nitrogen and oxygen atoms in total. The minimum absolute atomic E-state index is 0.00899. The Bertz CT molecular complexity index is 620. The summed E-state index contributed by atoms with van der Waals surface area (Å²) in [5.74, 6) is 0.804. The highest BCUT2D eigenvalue weighted by Crippen LogP contribution is 2.23. The van der Waals surface area contributed by atoms with Gasteiger partial charge in [-0.05, 0) is 50.5 Å². The van der Waals surface area contributed by atoms with E-state index in [1.54, 1.807) is 13.1 Å². The number of carbonyl (C=O) groups is 1. The normalized spacial score (nSPS) is 19.4. The molecule has 1 saturated heterocycles. The van der Waals surface area contributed by atoms with E-state index in [1.807, 2.05) is 46.1 Å². The monoisotopic (exact) mass is 299 g/mol. The quantitative estimate of drug-likeness (QED) is 0.942. The average Bonchev–Trinajstić information content (AvgIpc) is 3.17. The van der Waals surface area contributed by atoms with E-state index in [-0.39, 0.29) is 18.1 Å². The molecular weight excluding hydrogens is 278 g/mol. The highest BCUT2D eigenvalue weighted by molar-refractivity contribution is 5.94. The predicted octanol–water partition coefficient (Wildman–Crippen LogP) is 2.25. The smallest absolute Gasteiger partial charge is 0.255 e. The van der Waals surface area contributed by atoms with E-state index in [4.69, 9.17) is 0 Å². The van der Waals surface area contributed by atoms with Crippen LogP contribution in [0.1, 0.15) is 36.5 Å². The summed E-state index contributed by atoms with van der Waals surface area (Å²) in [7, 11) is 0. The van der Waals surface area contributed by atoms with Crippen LogP contribution in [0.15, 0.2) is 42.9 Å². The third-order valence-electron chi connectivity index (χ3n) is 4.11. The Hall–Kier alpha value is -2.14. The Morgan fingerprint density at radius 2 is 2.18 bits per heavy atom. The lowest BCUT2D eigenvalue weighted by Crippen LogP contribution is -2.37. The largest absolute Gasteiger partial charge is 0.393 e. The third-order valence-corrected chi connectivity index (χ3v) is 4.11. The number of hydrogen-bond donors (Lipinski definition) is 1. The van der Waals surface area contributed by atoms with Crippen molar-refractivity contribution < 1.29 is 9.90 Å². The summed E-state index contributed by atoms with van der Waals surface area (Å²) in [6.07, 6.45) is 7.69. The summed E-state index contributed by atoms with van der Waals surface area (Å²) in [6, 6.07) is 7.68. The van der Waals surface area contributed by atoms with Crippen molar-refractivity contribution >= 4 is 5.91 Å². The van der Waals surface area contributed by atoms with Crippen molar-refractivity contribution in [3.63, 3.8) is 0 Å². The van der Waals surface area contributed by atoms with Gasteiger partial charge in [-0.25, -0.2) is 4.98 Å². The van der Waals surface area contributed by atoms with Crippen LogP contribution in [0.4, 0.5) is 0 Å². The molecule has 0 radical (unpaired) electrons. The summed E-state index contributed by atoms with van der Waals surface area (Å²) >= 11 is 0. The molecule has 1 fully saturated rings. The number of aliphatic hydroxyl groups excluding tert-OH is 1. The first-order valence-corrected chi connectivity index (χ1v) is 7.73. The van der Waals surface area contributed by atoms with E-state index in [1.165, 1.54) is 0 Å². The second kappa shape index (κ2) is 6.32. The molecule has 0 aromatic carbocycles. The molecule has 3 rings (SSSR count). The van der Waals surface area contributed by atoms with Gasteiger partial charge in [0, 0.05) is 31.2 Å². The molecule has 5 heteroatoms. The topological polar surface area (TPSA) is 58.4 Å². The Morgan fingerprint density at radius 1 is 1.41 bits per heavy atom. The van der Waals surface area contributed by atoms with Crippen LogP contribution in [0.3, 0.4) is 0 Å². The van der Waals surface area contributed by atoms with Crippen molar-refractivity contribution in [3.05, 3.63) is 48.4 Å². The van der Waals surface area contributed by atoms with Crippen LogP contribution in [-0.2, 0) is 0 Å². The lowest BCUT2D eigenvalue weighted by atomic mass is 10.1. The maximum Gasteiger partial charge on any atom is 0.255 e. The third kappa shape index (κ3) is 3.04. The molecule has 0 saturated carbocycles. The van der Waals surface area contributed by atoms with Crippen molar-refractivity contribution in [2.45, 2.75) is 38.3 Å². The summed E-state index contributed by atoms with van der Waals surface area (Å²) in [5.41, 5.74) is 0.605. The predicted molar refractivity (Wildman–Crippen MR) is 83.9 cm³/mol. The number of likely N-dealkylation sites (tertiary alicyclic amines) is 1. The molecule has 116 valence electrons. The van der Waals surface area contributed by atoms with Gasteiger partial charge < -0.3 is 14.6 Å². The maximum atomic E-state index is 12.6. The van der Waals surface area contributed by atoms with Crippen LogP contribution in [-0.4, -0.2) is 44.2 Å². The van der Waals surface area contributed by atoms with Crippen LogP contribution in [0, 0.1) is 0 Å². The second-order valence-electron chi connectivity index (χ2n) is 5.87. The number of amides is 1. The number of nitrogens with zero attached hydrogens (tertiary/aromatic N) is 3. The fourth-order valence-corrected chi connectivity index (χ4v) is 3.06. The van der Waals surface area contributed by atoms with Gasteiger partial charge in [0.05, 0.1) is 11.7 Å². The summed E-state index contributed by atoms with van der Waals surface area (Å²) in [5, 5.41) is 9.57. The Labute approximate surface area is 130 Å². The lowest BCUT2D eigenvalue weighted by molar-refractivity contribution is 0.0681. The second-order valence-corrected chi connectivity index (χ2v) is 5.87. The minimum Gasteiger partial charge on any atom is -0.393 e. The van der Waals surface area contributed by atoms with Gasteiger partial charge in [-0.15, -0.1) is 0 Å². The molecule has 0 bridgehead atoms. The fourth-order valence-electron chi connectivity index (χ4n) is 3.06. The van der Waals surface area contributed by atoms with Crippen molar-refractivity contribution in [1.29, 1.82) is 0 Å². The number of rotatable bonds is 4. The molecule has 1 amide bonds. The summed E-state index contributed by atoms with van der Waals surface area (Å²) in [6.45, 7) is 2.53. The molecule has 3 heterocycles. The van der Waals surface area contributed by atoms with E-state index in [9.17, 15) is 9.90 Å². The first kappa shape index (κ1) is 14.8. The van der Waals surface area contributed by atoms with Gasteiger partial charge in [0.25, 0.3) is 5.91 Å². The fraction of sp³-hybridized carbons (Fsp3) is 0.412. The molecule has 1 N–H and O–H groups in total. The van der Waals surface area contributed by atoms with Crippen LogP contribution < -0.4 is 0 Å². The highest BCUT2D eigenvalue weighted by Gasteiger charge is 2.30. The number of aliphatic hydroxyl groups is 1. The summed E-state index contributed by atoms with van der Waals surface area (Å²) in [4.78, 5) is 18.9. The standard InChI is InChI=1S/C17H21N3O2/c1-13(21)11-15-5-4-10-20(15)17(22)14-6-7-16(18-12-14)19-8-2-3-9-19/h2-3,6-9,12-13,15,21H,4-5,10-11H2,1H3. The molecule has 1 aliphatic rings. The molecule has 2 atom stereocenters. The number of carbonyl (C=O) groups excluding carboxylic acids is 1. The van der Waals surface area contributed by atoms with E-state index < -0.39 is 0 Å². The zero-order valence-electron chi connectivity index (χ0n) is 12.7. The number of pyridine rings is 1. The van der Waals surface area contributed by atoms with E-state index in [2.05, 4.69) is 4.98 Å². The zero-order valence-corrected chi connectivity index (χ0v) is 12.7. The average molecular weight is 299 g/mol. The zero-order chi connectivity index (χ0) is 15.5. The Balaban J connectivity index is 1.74. The number of hydrogen-bond acceptors (Lipinski definition) is 3. The molecule has 22 heavy (non-hydrogen) atoms. The van der Waals surface area contributed by atoms with Gasteiger partial charge in [-0.2, -0.15) is 0 Å². The van der Waals surface area contributed by atoms with Crippen LogP contribution >= 0.6 is 0 Å². The van der Waals surface area contributed by atoms with Crippen LogP contribution in [0.2, 0.25) is 0 Å². The minimum atomic E-state index is -0.382. The van der Waals surface area contributed by atoms with Gasteiger partial charge >= 0.3 is 0 Å². The van der Waals surface area contributed by atoms with E-state index in [0.717, 1.165) is 25.2 Å². The Kier molecular flexibility index (Phi) is 4.24. The lowest BCUT2D eigenvalue weighted by Gasteiger charge is -2.25. The molecule has 0 aliphatic carbocycles. The first-order chi connectivity index (χ1) is 10.6. The van der Waals surface area contributed by atoms with Crippen LogP contribution in [0.5, 0.6) is 0 Å². The van der Waals surface area contributed by atoms with Gasteiger partial charge in [-0.3, -0.25) is 4.79 Å². The van der Waals surface area contributed by atoms with Gasteiger partial charge in [-0.1, -0.05) is 0 Å². The maximum absolute atomic E-state index is 12.6. The van der Waals surface area contributed by atoms with Crippen molar-refractivity contribution in [2.75, 3.05) is 6.54 Å². The molecule has 2 unspecified atom stereocenters. The molecule has 2 aromatic rings. The van der Waals surface area contributed by atoms with Gasteiger partial charge in [0.2, 0.25) is 0 Å². The first-order valence-electron chi connectivity index (χ1n) is 7.73. The van der Waals surface area contributed by atoms with Crippen LogP contribution in [0.25, 0.3) is 5.82 Å². The van der Waals surface area contributed by atoms with Crippen molar-refractivity contribution in [3.8, 4) is 5.82 Å². The van der Waals surface area contributed by atoms with Crippen molar-refractivity contribution in [2.24, 2.45) is 0 Å². The molecule has 1 aliphatic heterocycles. The SMILES string of the molecule is CC(O)CC1CCCN1C(=O)c1ccc(-n2cccc2)nc1. The molecule has 0 spiro atoms. The van der Waals surface area contributed by atoms with E-state index >= 15 is 0 Å². The summed E-state index contributed by atoms with van der Waals surface area (Å²) < 4.78 is 1.90. The van der Waals surface area contributed by atoms with Gasteiger partial charge in [0.15, 0.2) is 0 Å². The molecule has 2 aromatic heterocycles. The van der Waals surface area contributed by atoms with Gasteiger partial charge in [0.1, 0.15) is 5.82 Å². The van der Waals surface area contributed by atoms with E-state index in [0.29, 0.717) is 12.0 Å². The highest BCUT2D eigenvalue weighted by atomic mass is 16.3.